The average Bonchev–Trinajstić information content (AvgIpc) is 2.40. The van der Waals surface area contributed by atoms with Gasteiger partial charge in [-0.25, -0.2) is 0 Å². The van der Waals surface area contributed by atoms with Crippen molar-refractivity contribution in [2.45, 2.75) is 52.6 Å². The second-order valence-electron chi connectivity index (χ2n) is 6.37. The van der Waals surface area contributed by atoms with E-state index in [-0.39, 0.29) is 0 Å². The summed E-state index contributed by atoms with van der Waals surface area (Å²) in [5, 5.41) is 0. The largest absolute Gasteiger partial charge is 0.490 e. The van der Waals surface area contributed by atoms with Gasteiger partial charge in [-0.3, -0.25) is 0 Å². The van der Waals surface area contributed by atoms with Crippen molar-refractivity contribution in [2.75, 3.05) is 5.88 Å². The molecule has 114 valence electrons. The standard InChI is InChI=1S/C19H25ClO/c1-14-10-15(2)12-19(11-14)21-18-8-7-17(16(3)13-18)6-4-5-9-20/h7-8,13-15,19H,5,9-12H2,1-3H3. The Labute approximate surface area is 134 Å². The average molecular weight is 305 g/mol. The molecule has 2 heteroatoms. The summed E-state index contributed by atoms with van der Waals surface area (Å²) in [4.78, 5) is 0. The highest BCUT2D eigenvalue weighted by atomic mass is 35.5. The molecule has 2 atom stereocenters. The van der Waals surface area contributed by atoms with Crippen LogP contribution in [0.2, 0.25) is 0 Å². The Morgan fingerprint density at radius 1 is 1.19 bits per heavy atom. The highest BCUT2D eigenvalue weighted by molar-refractivity contribution is 6.18. The van der Waals surface area contributed by atoms with Crippen LogP contribution in [0.3, 0.4) is 0 Å². The molecule has 0 bridgehead atoms. The van der Waals surface area contributed by atoms with Crippen molar-refractivity contribution in [3.63, 3.8) is 0 Å². The Morgan fingerprint density at radius 3 is 2.52 bits per heavy atom. The fourth-order valence-electron chi connectivity index (χ4n) is 3.22. The van der Waals surface area contributed by atoms with Crippen LogP contribution in [0.4, 0.5) is 0 Å². The SMILES string of the molecule is Cc1cc(OC2CC(C)CC(C)C2)ccc1C#CCCCl. The quantitative estimate of drug-likeness (QED) is 0.552. The van der Waals surface area contributed by atoms with E-state index in [0.717, 1.165) is 29.6 Å². The molecule has 0 N–H and O–H groups in total. The minimum absolute atomic E-state index is 0.358. The number of ether oxygens (including phenoxy) is 1. The number of benzene rings is 1. The molecule has 21 heavy (non-hydrogen) atoms. The number of rotatable bonds is 3. The highest BCUT2D eigenvalue weighted by Gasteiger charge is 2.25. The lowest BCUT2D eigenvalue weighted by molar-refractivity contribution is 0.101. The van der Waals surface area contributed by atoms with Gasteiger partial charge in [-0.2, -0.15) is 0 Å². The molecule has 1 aromatic rings. The molecule has 1 fully saturated rings. The number of alkyl halides is 1. The van der Waals surface area contributed by atoms with Gasteiger partial charge in [0.25, 0.3) is 0 Å². The van der Waals surface area contributed by atoms with Crippen LogP contribution in [0.5, 0.6) is 5.75 Å². The van der Waals surface area contributed by atoms with Gasteiger partial charge >= 0.3 is 0 Å². The van der Waals surface area contributed by atoms with Crippen molar-refractivity contribution >= 4 is 11.6 Å². The van der Waals surface area contributed by atoms with Gasteiger partial charge in [-0.05, 0) is 61.8 Å². The van der Waals surface area contributed by atoms with Crippen LogP contribution in [0, 0.1) is 30.6 Å². The molecule has 0 amide bonds. The van der Waals surface area contributed by atoms with Gasteiger partial charge in [0.15, 0.2) is 0 Å². The van der Waals surface area contributed by atoms with Gasteiger partial charge in [0.05, 0.1) is 6.10 Å². The lowest BCUT2D eigenvalue weighted by Gasteiger charge is -2.31. The lowest BCUT2D eigenvalue weighted by Crippen LogP contribution is -2.28. The van der Waals surface area contributed by atoms with E-state index >= 15 is 0 Å². The zero-order valence-electron chi connectivity index (χ0n) is 13.3. The van der Waals surface area contributed by atoms with Crippen molar-refractivity contribution in [3.05, 3.63) is 29.3 Å². The van der Waals surface area contributed by atoms with Gasteiger partial charge in [-0.1, -0.05) is 25.7 Å². The van der Waals surface area contributed by atoms with Gasteiger partial charge in [0, 0.05) is 17.9 Å². The topological polar surface area (TPSA) is 9.23 Å². The molecule has 0 aliphatic heterocycles. The first-order valence-electron chi connectivity index (χ1n) is 7.90. The molecule has 2 rings (SSSR count). The summed E-state index contributed by atoms with van der Waals surface area (Å²) in [6.45, 7) is 6.74. The van der Waals surface area contributed by atoms with Crippen LogP contribution >= 0.6 is 11.6 Å². The first-order valence-corrected chi connectivity index (χ1v) is 8.44. The molecule has 0 radical (unpaired) electrons. The fourth-order valence-corrected chi connectivity index (χ4v) is 3.31. The summed E-state index contributed by atoms with van der Waals surface area (Å²) < 4.78 is 6.19. The number of aryl methyl sites for hydroxylation is 1. The summed E-state index contributed by atoms with van der Waals surface area (Å²) in [5.74, 6) is 9.34. The molecule has 0 heterocycles. The van der Waals surface area contributed by atoms with Crippen molar-refractivity contribution in [1.29, 1.82) is 0 Å². The maximum Gasteiger partial charge on any atom is 0.120 e. The lowest BCUT2D eigenvalue weighted by atomic mass is 9.82. The van der Waals surface area contributed by atoms with Gasteiger partial charge in [-0.15, -0.1) is 11.6 Å². The van der Waals surface area contributed by atoms with E-state index in [1.807, 2.05) is 6.07 Å². The van der Waals surface area contributed by atoms with Crippen molar-refractivity contribution in [2.24, 2.45) is 11.8 Å². The molecule has 1 aromatic carbocycles. The second kappa shape index (κ2) is 7.76. The molecule has 1 aliphatic rings. The third-order valence-electron chi connectivity index (χ3n) is 4.08. The zero-order valence-corrected chi connectivity index (χ0v) is 14.0. The van der Waals surface area contributed by atoms with E-state index in [4.69, 9.17) is 16.3 Å². The van der Waals surface area contributed by atoms with Crippen LogP contribution in [0.25, 0.3) is 0 Å². The van der Waals surface area contributed by atoms with E-state index in [0.29, 0.717) is 12.0 Å². The maximum absolute atomic E-state index is 6.19. The van der Waals surface area contributed by atoms with E-state index in [2.05, 4.69) is 44.7 Å². The summed E-state index contributed by atoms with van der Waals surface area (Å²) in [7, 11) is 0. The summed E-state index contributed by atoms with van der Waals surface area (Å²) in [6.07, 6.45) is 4.75. The van der Waals surface area contributed by atoms with Gasteiger partial charge < -0.3 is 4.74 Å². The monoisotopic (exact) mass is 304 g/mol. The Bertz CT molecular complexity index is 516. The first-order chi connectivity index (χ1) is 10.1. The Morgan fingerprint density at radius 2 is 1.90 bits per heavy atom. The predicted molar refractivity (Wildman–Crippen MR) is 90.0 cm³/mol. The van der Waals surface area contributed by atoms with Crippen LogP contribution in [-0.2, 0) is 0 Å². The smallest absolute Gasteiger partial charge is 0.120 e. The van der Waals surface area contributed by atoms with Crippen molar-refractivity contribution in [3.8, 4) is 17.6 Å². The highest BCUT2D eigenvalue weighted by Crippen LogP contribution is 2.31. The predicted octanol–water partition coefficient (Wildman–Crippen LogP) is 5.18. The van der Waals surface area contributed by atoms with Crippen molar-refractivity contribution < 1.29 is 4.74 Å². The van der Waals surface area contributed by atoms with Crippen molar-refractivity contribution in [1.82, 2.24) is 0 Å². The fraction of sp³-hybridized carbons (Fsp3) is 0.579. The van der Waals surface area contributed by atoms with E-state index in [9.17, 15) is 0 Å². The molecule has 0 aromatic heterocycles. The summed E-state index contributed by atoms with van der Waals surface area (Å²) in [6, 6.07) is 6.21. The van der Waals surface area contributed by atoms with Gasteiger partial charge in [0.2, 0.25) is 0 Å². The number of hydrogen-bond donors (Lipinski definition) is 0. The van der Waals surface area contributed by atoms with Crippen LogP contribution in [0.1, 0.15) is 50.7 Å². The third kappa shape index (κ3) is 4.97. The molecule has 2 unspecified atom stereocenters. The van der Waals surface area contributed by atoms with Crippen LogP contribution in [0.15, 0.2) is 18.2 Å². The normalized spacial score (nSPS) is 25.0. The van der Waals surface area contributed by atoms with E-state index in [1.165, 1.54) is 24.8 Å². The van der Waals surface area contributed by atoms with Crippen LogP contribution in [-0.4, -0.2) is 12.0 Å². The summed E-state index contributed by atoms with van der Waals surface area (Å²) in [5.41, 5.74) is 2.24. The maximum atomic E-state index is 6.19. The molecular formula is C19H25ClO. The molecule has 1 saturated carbocycles. The van der Waals surface area contributed by atoms with E-state index in [1.54, 1.807) is 0 Å². The number of hydrogen-bond acceptors (Lipinski definition) is 1. The second-order valence-corrected chi connectivity index (χ2v) is 6.75. The zero-order chi connectivity index (χ0) is 15.2. The molecule has 0 spiro atoms. The summed E-state index contributed by atoms with van der Waals surface area (Å²) >= 11 is 5.64. The molecule has 0 saturated heterocycles. The Balaban J connectivity index is 2.02. The van der Waals surface area contributed by atoms with Gasteiger partial charge in [0.1, 0.15) is 5.75 Å². The molecule has 1 aliphatic carbocycles. The third-order valence-corrected chi connectivity index (χ3v) is 4.27. The number of halogens is 1. The molecule has 1 nitrogen and oxygen atoms in total. The Kier molecular flexibility index (Phi) is 6.00. The van der Waals surface area contributed by atoms with E-state index < -0.39 is 0 Å². The first kappa shape index (κ1) is 16.2. The Hall–Kier alpha value is -1.13. The van der Waals surface area contributed by atoms with Crippen LogP contribution < -0.4 is 4.74 Å². The molecular weight excluding hydrogens is 280 g/mol. The minimum atomic E-state index is 0.358. The minimum Gasteiger partial charge on any atom is -0.490 e.